The number of hydrazine groups is 1. The molecule has 7 nitrogen and oxygen atoms in total. The van der Waals surface area contributed by atoms with Gasteiger partial charge in [0.2, 0.25) is 10.0 Å². The van der Waals surface area contributed by atoms with E-state index in [0.29, 0.717) is 13.1 Å². The molecule has 158 valence electrons. The lowest BCUT2D eigenvalue weighted by molar-refractivity contribution is -0.117. The number of benzene rings is 2. The number of nitrogens with one attached hydrogen (secondary N) is 2. The normalized spacial score (nSPS) is 14.7. The van der Waals surface area contributed by atoms with Crippen LogP contribution in [0.5, 0.6) is 0 Å². The summed E-state index contributed by atoms with van der Waals surface area (Å²) in [6, 6.07) is 11.6. The monoisotopic (exact) mass is 427 g/mol. The van der Waals surface area contributed by atoms with Crippen molar-refractivity contribution in [2.24, 2.45) is 0 Å². The van der Waals surface area contributed by atoms with Crippen LogP contribution >= 0.6 is 0 Å². The second-order valence-electron chi connectivity index (χ2n) is 7.27. The summed E-state index contributed by atoms with van der Waals surface area (Å²) in [7, 11) is -3.52. The van der Waals surface area contributed by atoms with Crippen LogP contribution in [0.2, 0.25) is 0 Å². The van der Waals surface area contributed by atoms with Crippen LogP contribution in [0.1, 0.15) is 39.9 Å². The highest BCUT2D eigenvalue weighted by atomic mass is 32.2. The SMILES string of the molecule is Cc1ccc(/C=C/C(=O)NNC(=O)c2ccc(S(=O)(=O)N3CCCC3)cc2)c(C)c1. The Morgan fingerprint density at radius 3 is 2.27 bits per heavy atom. The fraction of sp³-hybridized carbons (Fsp3) is 0.273. The van der Waals surface area contributed by atoms with Crippen LogP contribution in [-0.2, 0) is 14.8 Å². The third kappa shape index (κ3) is 5.14. The number of aryl methyl sites for hydroxylation is 2. The molecule has 8 heteroatoms. The highest BCUT2D eigenvalue weighted by Gasteiger charge is 2.27. The van der Waals surface area contributed by atoms with Gasteiger partial charge in [-0.3, -0.25) is 20.4 Å². The van der Waals surface area contributed by atoms with Gasteiger partial charge in [0, 0.05) is 24.7 Å². The molecule has 0 spiro atoms. The lowest BCUT2D eigenvalue weighted by Gasteiger charge is -2.15. The largest absolute Gasteiger partial charge is 0.269 e. The summed E-state index contributed by atoms with van der Waals surface area (Å²) in [5, 5.41) is 0. The molecule has 0 unspecified atom stereocenters. The van der Waals surface area contributed by atoms with Crippen molar-refractivity contribution in [3.05, 3.63) is 70.8 Å². The van der Waals surface area contributed by atoms with E-state index in [0.717, 1.165) is 29.5 Å². The van der Waals surface area contributed by atoms with E-state index < -0.39 is 21.8 Å². The zero-order chi connectivity index (χ0) is 21.7. The molecule has 1 heterocycles. The molecule has 2 aromatic carbocycles. The predicted octanol–water partition coefficient (Wildman–Crippen LogP) is 2.56. The number of nitrogens with zero attached hydrogens (tertiary/aromatic N) is 1. The van der Waals surface area contributed by atoms with E-state index in [9.17, 15) is 18.0 Å². The topological polar surface area (TPSA) is 95.6 Å². The van der Waals surface area contributed by atoms with Crippen LogP contribution in [0.25, 0.3) is 6.08 Å². The lowest BCUT2D eigenvalue weighted by Crippen LogP contribution is -2.40. The van der Waals surface area contributed by atoms with Gasteiger partial charge in [0.05, 0.1) is 4.90 Å². The second-order valence-corrected chi connectivity index (χ2v) is 9.21. The molecule has 0 atom stereocenters. The van der Waals surface area contributed by atoms with E-state index >= 15 is 0 Å². The minimum Gasteiger partial charge on any atom is -0.268 e. The summed E-state index contributed by atoms with van der Waals surface area (Å²) in [5.41, 5.74) is 7.99. The minimum atomic E-state index is -3.52. The maximum absolute atomic E-state index is 12.5. The van der Waals surface area contributed by atoms with Crippen molar-refractivity contribution < 1.29 is 18.0 Å². The standard InChI is InChI=1S/C22H25N3O4S/c1-16-5-6-18(17(2)15-16)9-12-21(26)23-24-22(27)19-7-10-20(11-8-19)30(28,29)25-13-3-4-14-25/h5-12,15H,3-4,13-14H2,1-2H3,(H,23,26)(H,24,27)/b12-9+. The highest BCUT2D eigenvalue weighted by Crippen LogP contribution is 2.21. The molecule has 0 bridgehead atoms. The van der Waals surface area contributed by atoms with E-state index in [2.05, 4.69) is 10.9 Å². The van der Waals surface area contributed by atoms with Gasteiger partial charge in [0.15, 0.2) is 0 Å². The molecule has 0 radical (unpaired) electrons. The van der Waals surface area contributed by atoms with Crippen LogP contribution in [0.4, 0.5) is 0 Å². The van der Waals surface area contributed by atoms with Crippen molar-refractivity contribution in [1.29, 1.82) is 0 Å². The number of carbonyl (C=O) groups is 2. The molecule has 2 amide bonds. The third-order valence-corrected chi connectivity index (χ3v) is 6.87. The van der Waals surface area contributed by atoms with Gasteiger partial charge < -0.3 is 0 Å². The Morgan fingerprint density at radius 2 is 1.63 bits per heavy atom. The van der Waals surface area contributed by atoms with Crippen molar-refractivity contribution >= 4 is 27.9 Å². The van der Waals surface area contributed by atoms with Crippen LogP contribution < -0.4 is 10.9 Å². The van der Waals surface area contributed by atoms with Crippen molar-refractivity contribution in [3.8, 4) is 0 Å². The number of rotatable bonds is 5. The lowest BCUT2D eigenvalue weighted by atomic mass is 10.1. The Morgan fingerprint density at radius 1 is 0.967 bits per heavy atom. The van der Waals surface area contributed by atoms with Gasteiger partial charge in [0.25, 0.3) is 11.8 Å². The quantitative estimate of drug-likeness (QED) is 0.566. The Balaban J connectivity index is 1.57. The van der Waals surface area contributed by atoms with E-state index in [1.165, 1.54) is 34.6 Å². The summed E-state index contributed by atoms with van der Waals surface area (Å²) < 4.78 is 26.5. The molecule has 1 aliphatic heterocycles. The van der Waals surface area contributed by atoms with Gasteiger partial charge in [-0.1, -0.05) is 23.8 Å². The van der Waals surface area contributed by atoms with Gasteiger partial charge in [-0.15, -0.1) is 0 Å². The molecule has 3 rings (SSSR count). The van der Waals surface area contributed by atoms with Crippen LogP contribution in [-0.4, -0.2) is 37.6 Å². The third-order valence-electron chi connectivity index (χ3n) is 4.96. The number of carbonyl (C=O) groups excluding carboxylic acids is 2. The van der Waals surface area contributed by atoms with Gasteiger partial charge in [0.1, 0.15) is 0 Å². The molecule has 1 saturated heterocycles. The molecule has 0 aliphatic carbocycles. The van der Waals surface area contributed by atoms with Gasteiger partial charge in [-0.2, -0.15) is 4.31 Å². The molecule has 0 saturated carbocycles. The average Bonchev–Trinajstić information content (AvgIpc) is 3.27. The zero-order valence-corrected chi connectivity index (χ0v) is 17.8. The van der Waals surface area contributed by atoms with E-state index in [4.69, 9.17) is 0 Å². The maximum Gasteiger partial charge on any atom is 0.269 e. The van der Waals surface area contributed by atoms with E-state index in [1.807, 2.05) is 32.0 Å². The molecule has 30 heavy (non-hydrogen) atoms. The molecular weight excluding hydrogens is 402 g/mol. The number of hydrogen-bond acceptors (Lipinski definition) is 4. The predicted molar refractivity (Wildman–Crippen MR) is 115 cm³/mol. The first-order chi connectivity index (χ1) is 14.3. The number of amides is 2. The Bertz CT molecular complexity index is 1070. The summed E-state index contributed by atoms with van der Waals surface area (Å²) >= 11 is 0. The van der Waals surface area contributed by atoms with Gasteiger partial charge >= 0.3 is 0 Å². The van der Waals surface area contributed by atoms with Gasteiger partial charge in [-0.05, 0) is 68.2 Å². The first-order valence-corrected chi connectivity index (χ1v) is 11.2. The molecule has 2 aromatic rings. The zero-order valence-electron chi connectivity index (χ0n) is 17.0. The van der Waals surface area contributed by atoms with Crippen molar-refractivity contribution in [2.75, 3.05) is 13.1 Å². The smallest absolute Gasteiger partial charge is 0.268 e. The molecule has 1 aliphatic rings. The average molecular weight is 428 g/mol. The summed E-state index contributed by atoms with van der Waals surface area (Å²) in [6.07, 6.45) is 4.73. The maximum atomic E-state index is 12.5. The highest BCUT2D eigenvalue weighted by molar-refractivity contribution is 7.89. The Labute approximate surface area is 176 Å². The Hall–Kier alpha value is -2.97. The van der Waals surface area contributed by atoms with Crippen molar-refractivity contribution in [2.45, 2.75) is 31.6 Å². The summed E-state index contributed by atoms with van der Waals surface area (Å²) in [4.78, 5) is 24.3. The minimum absolute atomic E-state index is 0.154. The fourth-order valence-corrected chi connectivity index (χ4v) is 4.78. The summed E-state index contributed by atoms with van der Waals surface area (Å²) in [5.74, 6) is -1.01. The molecule has 1 fully saturated rings. The van der Waals surface area contributed by atoms with E-state index in [-0.39, 0.29) is 10.5 Å². The fourth-order valence-electron chi connectivity index (χ4n) is 3.27. The number of sulfonamides is 1. The van der Waals surface area contributed by atoms with Crippen LogP contribution in [0.3, 0.4) is 0 Å². The summed E-state index contributed by atoms with van der Waals surface area (Å²) in [6.45, 7) is 5.00. The van der Waals surface area contributed by atoms with Crippen molar-refractivity contribution in [1.82, 2.24) is 15.2 Å². The van der Waals surface area contributed by atoms with Gasteiger partial charge in [-0.25, -0.2) is 8.42 Å². The second kappa shape index (κ2) is 9.23. The number of hydrogen-bond donors (Lipinski definition) is 2. The molecule has 2 N–H and O–H groups in total. The Kier molecular flexibility index (Phi) is 6.69. The van der Waals surface area contributed by atoms with E-state index in [1.54, 1.807) is 6.08 Å². The first-order valence-electron chi connectivity index (χ1n) is 9.73. The van der Waals surface area contributed by atoms with Crippen molar-refractivity contribution in [3.63, 3.8) is 0 Å². The molecular formula is C22H25N3O4S. The molecule has 0 aromatic heterocycles. The van der Waals surface area contributed by atoms with Crippen LogP contribution in [0, 0.1) is 13.8 Å². The van der Waals surface area contributed by atoms with Crippen LogP contribution in [0.15, 0.2) is 53.4 Å². The first kappa shape index (κ1) is 21.7.